The molecule has 0 aliphatic carbocycles. The first-order chi connectivity index (χ1) is 14.1. The van der Waals surface area contributed by atoms with Gasteiger partial charge in [-0.2, -0.15) is 4.31 Å². The molecule has 0 heterocycles. The molecule has 8 heteroatoms. The monoisotopic (exact) mass is 497 g/mol. The van der Waals surface area contributed by atoms with Gasteiger partial charge in [-0.15, -0.1) is 0 Å². The maximum atomic E-state index is 13.0. The average molecular weight is 498 g/mol. The van der Waals surface area contributed by atoms with Gasteiger partial charge < -0.3 is 9.84 Å². The number of aryl methyl sites for hydroxylation is 1. The van der Waals surface area contributed by atoms with Crippen molar-refractivity contribution < 1.29 is 23.1 Å². The highest BCUT2D eigenvalue weighted by Gasteiger charge is 2.29. The van der Waals surface area contributed by atoms with Crippen LogP contribution in [0.4, 0.5) is 0 Å². The second-order valence-corrected chi connectivity index (χ2v) is 10.3. The van der Waals surface area contributed by atoms with Gasteiger partial charge in [-0.3, -0.25) is 0 Å². The van der Waals surface area contributed by atoms with Crippen molar-refractivity contribution in [2.75, 3.05) is 13.1 Å². The van der Waals surface area contributed by atoms with Crippen LogP contribution >= 0.6 is 15.9 Å². The van der Waals surface area contributed by atoms with Gasteiger partial charge in [-0.25, -0.2) is 13.2 Å². The molecule has 0 atom stereocenters. The summed E-state index contributed by atoms with van der Waals surface area (Å²) in [6, 6.07) is 14.1. The van der Waals surface area contributed by atoms with E-state index >= 15 is 0 Å². The summed E-state index contributed by atoms with van der Waals surface area (Å²) < 4.78 is 33.7. The van der Waals surface area contributed by atoms with Crippen LogP contribution < -0.4 is 4.74 Å². The largest absolute Gasteiger partial charge is 0.478 e. The highest BCUT2D eigenvalue weighted by Crippen LogP contribution is 2.25. The van der Waals surface area contributed by atoms with Gasteiger partial charge in [0.2, 0.25) is 10.0 Å². The maximum absolute atomic E-state index is 13.0. The molecular formula is C22H28BrNO5S. The Labute approximate surface area is 187 Å². The molecule has 2 aromatic rings. The Morgan fingerprint density at radius 3 is 2.30 bits per heavy atom. The van der Waals surface area contributed by atoms with Crippen molar-refractivity contribution >= 4 is 31.9 Å². The number of hydrogen-bond acceptors (Lipinski definition) is 4. The van der Waals surface area contributed by atoms with Crippen LogP contribution in [0.1, 0.15) is 39.2 Å². The lowest BCUT2D eigenvalue weighted by Gasteiger charge is -2.22. The summed E-state index contributed by atoms with van der Waals surface area (Å²) in [5.41, 5.74) is -0.271. The van der Waals surface area contributed by atoms with E-state index in [1.807, 2.05) is 19.1 Å². The number of sulfonamides is 1. The molecule has 0 radical (unpaired) electrons. The number of rotatable bonds is 11. The van der Waals surface area contributed by atoms with Crippen molar-refractivity contribution in [1.82, 2.24) is 4.31 Å². The van der Waals surface area contributed by atoms with Crippen LogP contribution in [0.3, 0.4) is 0 Å². The number of carboxylic acids is 1. The Morgan fingerprint density at radius 2 is 1.73 bits per heavy atom. The average Bonchev–Trinajstić information content (AvgIpc) is 2.68. The van der Waals surface area contributed by atoms with Crippen LogP contribution in [-0.4, -0.2) is 42.5 Å². The van der Waals surface area contributed by atoms with E-state index in [1.54, 1.807) is 36.4 Å². The Hall–Kier alpha value is -1.90. The summed E-state index contributed by atoms with van der Waals surface area (Å²) in [7, 11) is -3.57. The van der Waals surface area contributed by atoms with Crippen LogP contribution in [-0.2, 0) is 21.2 Å². The molecule has 0 aliphatic heterocycles. The van der Waals surface area contributed by atoms with Crippen LogP contribution in [0.2, 0.25) is 0 Å². The summed E-state index contributed by atoms with van der Waals surface area (Å²) in [6.07, 6.45) is 2.11. The van der Waals surface area contributed by atoms with E-state index < -0.39 is 21.6 Å². The van der Waals surface area contributed by atoms with Crippen molar-refractivity contribution in [2.24, 2.45) is 0 Å². The minimum absolute atomic E-state index is 0.279. The maximum Gasteiger partial charge on any atom is 0.347 e. The first-order valence-electron chi connectivity index (χ1n) is 9.84. The number of hydrogen-bond donors (Lipinski definition) is 1. The minimum atomic E-state index is -3.57. The van der Waals surface area contributed by atoms with E-state index in [-0.39, 0.29) is 4.90 Å². The third kappa shape index (κ3) is 6.30. The summed E-state index contributed by atoms with van der Waals surface area (Å²) in [5, 5.41) is 9.15. The molecule has 0 unspecified atom stereocenters. The molecule has 164 valence electrons. The molecule has 0 aliphatic rings. The zero-order valence-corrected chi connectivity index (χ0v) is 19.9. The van der Waals surface area contributed by atoms with Gasteiger partial charge >= 0.3 is 5.97 Å². The predicted octanol–water partition coefficient (Wildman–Crippen LogP) is 4.72. The van der Waals surface area contributed by atoms with Gasteiger partial charge in [-0.05, 0) is 78.9 Å². The normalized spacial score (nSPS) is 12.2. The molecule has 2 rings (SSSR count). The summed E-state index contributed by atoms with van der Waals surface area (Å²) in [4.78, 5) is 11.5. The minimum Gasteiger partial charge on any atom is -0.478 e. The summed E-state index contributed by atoms with van der Waals surface area (Å²) in [5.74, 6) is -0.552. The number of ether oxygens (including phenoxy) is 1. The van der Waals surface area contributed by atoms with Gasteiger partial charge in [0.05, 0.1) is 4.90 Å². The fraction of sp³-hybridized carbons (Fsp3) is 0.409. The predicted molar refractivity (Wildman–Crippen MR) is 120 cm³/mol. The molecule has 0 amide bonds. The lowest BCUT2D eigenvalue weighted by atomic mass is 10.1. The number of benzene rings is 2. The van der Waals surface area contributed by atoms with Crippen LogP contribution in [0.25, 0.3) is 0 Å². The quantitative estimate of drug-likeness (QED) is 0.485. The molecule has 0 aromatic heterocycles. The molecule has 30 heavy (non-hydrogen) atoms. The summed E-state index contributed by atoms with van der Waals surface area (Å²) >= 11 is 3.34. The van der Waals surface area contributed by atoms with Crippen molar-refractivity contribution in [1.29, 1.82) is 0 Å². The zero-order valence-electron chi connectivity index (χ0n) is 17.5. The molecule has 0 bridgehead atoms. The van der Waals surface area contributed by atoms with E-state index in [4.69, 9.17) is 9.84 Å². The third-order valence-electron chi connectivity index (χ3n) is 4.61. The van der Waals surface area contributed by atoms with Gasteiger partial charge in [0.15, 0.2) is 5.60 Å². The van der Waals surface area contributed by atoms with Gasteiger partial charge in [0.25, 0.3) is 0 Å². The SMILES string of the molecule is CCCN(CCCc1ccc(OC(C)(C)C(=O)O)cc1)S(=O)(=O)c1ccccc1Br. The highest BCUT2D eigenvalue weighted by atomic mass is 79.9. The molecule has 0 fully saturated rings. The second kappa shape index (κ2) is 10.4. The van der Waals surface area contributed by atoms with E-state index in [0.29, 0.717) is 36.2 Å². The zero-order chi connectivity index (χ0) is 22.4. The number of halogens is 1. The fourth-order valence-corrected chi connectivity index (χ4v) is 5.45. The molecule has 6 nitrogen and oxygen atoms in total. The first-order valence-corrected chi connectivity index (χ1v) is 12.1. The van der Waals surface area contributed by atoms with Crippen molar-refractivity contribution in [3.05, 3.63) is 58.6 Å². The van der Waals surface area contributed by atoms with Crippen LogP contribution in [0.5, 0.6) is 5.75 Å². The van der Waals surface area contributed by atoms with E-state index in [9.17, 15) is 13.2 Å². The Kier molecular flexibility index (Phi) is 8.46. The number of nitrogens with zero attached hydrogens (tertiary/aromatic N) is 1. The second-order valence-electron chi connectivity index (χ2n) is 7.50. The molecule has 1 N–H and O–H groups in total. The Bertz CT molecular complexity index is 958. The summed E-state index contributed by atoms with van der Waals surface area (Å²) in [6.45, 7) is 5.83. The van der Waals surface area contributed by atoms with Gasteiger partial charge in [0, 0.05) is 17.6 Å². The standard InChI is InChI=1S/C22H28BrNO5S/c1-4-15-24(30(27,28)20-10-6-5-9-19(20)23)16-7-8-17-11-13-18(14-12-17)29-22(2,3)21(25)26/h5-6,9-14H,4,7-8,15-16H2,1-3H3,(H,25,26). The molecule has 2 aromatic carbocycles. The Balaban J connectivity index is 2.01. The molecule has 0 spiro atoms. The van der Waals surface area contributed by atoms with Crippen molar-refractivity contribution in [3.8, 4) is 5.75 Å². The van der Waals surface area contributed by atoms with Gasteiger partial charge in [-0.1, -0.05) is 31.2 Å². The topological polar surface area (TPSA) is 83.9 Å². The number of carboxylic acid groups (broad SMARTS) is 1. The van der Waals surface area contributed by atoms with E-state index in [2.05, 4.69) is 15.9 Å². The fourth-order valence-electron chi connectivity index (χ4n) is 2.92. The number of aliphatic carboxylic acids is 1. The van der Waals surface area contributed by atoms with E-state index in [1.165, 1.54) is 18.2 Å². The van der Waals surface area contributed by atoms with Crippen LogP contribution in [0.15, 0.2) is 57.9 Å². The smallest absolute Gasteiger partial charge is 0.347 e. The first kappa shape index (κ1) is 24.4. The molecule has 0 saturated heterocycles. The van der Waals surface area contributed by atoms with E-state index in [0.717, 1.165) is 12.0 Å². The van der Waals surface area contributed by atoms with Gasteiger partial charge in [0.1, 0.15) is 5.75 Å². The van der Waals surface area contributed by atoms with Crippen molar-refractivity contribution in [2.45, 2.75) is 50.5 Å². The van der Waals surface area contributed by atoms with Crippen LogP contribution in [0, 0.1) is 0 Å². The highest BCUT2D eigenvalue weighted by molar-refractivity contribution is 9.10. The number of carbonyl (C=O) groups is 1. The van der Waals surface area contributed by atoms with Crippen molar-refractivity contribution in [3.63, 3.8) is 0 Å². The molecule has 0 saturated carbocycles. The lowest BCUT2D eigenvalue weighted by molar-refractivity contribution is -0.152. The third-order valence-corrected chi connectivity index (χ3v) is 7.52. The lowest BCUT2D eigenvalue weighted by Crippen LogP contribution is -2.37. The Morgan fingerprint density at radius 1 is 1.10 bits per heavy atom. The molecular weight excluding hydrogens is 470 g/mol.